The zero-order valence-electron chi connectivity index (χ0n) is 17.3. The van der Waals surface area contributed by atoms with Crippen molar-refractivity contribution < 1.29 is 4.79 Å². The van der Waals surface area contributed by atoms with Crippen LogP contribution in [0.4, 0.5) is 0 Å². The summed E-state index contributed by atoms with van der Waals surface area (Å²) in [5, 5.41) is 0. The Morgan fingerprint density at radius 1 is 0.828 bits per heavy atom. The molecule has 0 spiro atoms. The number of piperidine rings is 1. The lowest BCUT2D eigenvalue weighted by Gasteiger charge is -2.37. The molecule has 4 heteroatoms. The standard InChI is InChI=1S/C25H33N3O/c26-24(29)25(21-10-4-1-5-11-21,22-12-6-2-7-13-22)23-14-17-28(20-23)19-18-27-15-8-3-9-16-27/h1-2,4-7,10-13,23H,3,8-9,14-20H2,(H2,26,29). The number of carbonyl (C=O) groups is 1. The van der Waals surface area contributed by atoms with Gasteiger partial charge in [-0.15, -0.1) is 0 Å². The molecule has 2 aromatic rings. The monoisotopic (exact) mass is 391 g/mol. The summed E-state index contributed by atoms with van der Waals surface area (Å²) in [4.78, 5) is 18.2. The smallest absolute Gasteiger partial charge is 0.232 e. The minimum absolute atomic E-state index is 0.186. The molecule has 1 amide bonds. The maximum absolute atomic E-state index is 13.1. The molecular weight excluding hydrogens is 358 g/mol. The predicted octanol–water partition coefficient (Wildman–Crippen LogP) is 3.27. The largest absolute Gasteiger partial charge is 0.369 e. The Kier molecular flexibility index (Phi) is 6.31. The highest BCUT2D eigenvalue weighted by molar-refractivity contribution is 5.91. The van der Waals surface area contributed by atoms with Gasteiger partial charge in [0.2, 0.25) is 5.91 Å². The molecule has 154 valence electrons. The minimum Gasteiger partial charge on any atom is -0.369 e. The fraction of sp³-hybridized carbons (Fsp3) is 0.480. The lowest BCUT2D eigenvalue weighted by Crippen LogP contribution is -2.49. The van der Waals surface area contributed by atoms with Crippen LogP contribution in [0.1, 0.15) is 36.8 Å². The van der Waals surface area contributed by atoms with Gasteiger partial charge in [-0.25, -0.2) is 0 Å². The Morgan fingerprint density at radius 2 is 1.38 bits per heavy atom. The summed E-state index contributed by atoms with van der Waals surface area (Å²) in [7, 11) is 0. The molecule has 29 heavy (non-hydrogen) atoms. The molecule has 2 saturated heterocycles. The maximum atomic E-state index is 13.1. The summed E-state index contributed by atoms with van der Waals surface area (Å²) in [6.45, 7) is 6.63. The van der Waals surface area contributed by atoms with Gasteiger partial charge in [-0.3, -0.25) is 4.79 Å². The number of amides is 1. The van der Waals surface area contributed by atoms with Gasteiger partial charge in [0.05, 0.1) is 0 Å². The number of rotatable bonds is 7. The molecule has 0 radical (unpaired) electrons. The third kappa shape index (κ3) is 4.10. The van der Waals surface area contributed by atoms with E-state index in [1.807, 2.05) is 36.4 Å². The van der Waals surface area contributed by atoms with E-state index in [9.17, 15) is 4.79 Å². The van der Waals surface area contributed by atoms with Crippen LogP contribution in [-0.4, -0.2) is 55.0 Å². The average Bonchev–Trinajstić information content (AvgIpc) is 3.24. The number of primary amides is 1. The van der Waals surface area contributed by atoms with Gasteiger partial charge in [0.25, 0.3) is 0 Å². The van der Waals surface area contributed by atoms with Gasteiger partial charge in [0.15, 0.2) is 0 Å². The fourth-order valence-corrected chi connectivity index (χ4v) is 5.38. The molecule has 1 unspecified atom stereocenters. The van der Waals surface area contributed by atoms with Crippen LogP contribution in [0, 0.1) is 5.92 Å². The average molecular weight is 392 g/mol. The van der Waals surface area contributed by atoms with E-state index in [4.69, 9.17) is 5.73 Å². The first-order valence-electron chi connectivity index (χ1n) is 11.1. The molecular formula is C25H33N3O. The third-order valence-corrected chi connectivity index (χ3v) is 6.91. The molecule has 2 fully saturated rings. The number of carbonyl (C=O) groups excluding carboxylic acids is 1. The van der Waals surface area contributed by atoms with Crippen molar-refractivity contribution in [1.82, 2.24) is 9.80 Å². The fourth-order valence-electron chi connectivity index (χ4n) is 5.38. The van der Waals surface area contributed by atoms with Gasteiger partial charge in [0, 0.05) is 19.6 Å². The van der Waals surface area contributed by atoms with Crippen molar-refractivity contribution >= 4 is 5.91 Å². The molecule has 4 rings (SSSR count). The van der Waals surface area contributed by atoms with E-state index in [0.29, 0.717) is 0 Å². The molecule has 0 aliphatic carbocycles. The Bertz CT molecular complexity index is 747. The van der Waals surface area contributed by atoms with Gasteiger partial charge in [-0.05, 0) is 55.9 Å². The number of hydrogen-bond acceptors (Lipinski definition) is 3. The van der Waals surface area contributed by atoms with Crippen LogP contribution in [-0.2, 0) is 10.2 Å². The predicted molar refractivity (Wildman–Crippen MR) is 118 cm³/mol. The van der Waals surface area contributed by atoms with Crippen molar-refractivity contribution in [1.29, 1.82) is 0 Å². The van der Waals surface area contributed by atoms with Crippen molar-refractivity contribution in [2.24, 2.45) is 11.7 Å². The number of hydrogen-bond donors (Lipinski definition) is 1. The van der Waals surface area contributed by atoms with Crippen LogP contribution in [0.3, 0.4) is 0 Å². The van der Waals surface area contributed by atoms with Gasteiger partial charge >= 0.3 is 0 Å². The van der Waals surface area contributed by atoms with E-state index in [1.54, 1.807) is 0 Å². The van der Waals surface area contributed by atoms with Crippen molar-refractivity contribution in [3.05, 3.63) is 71.8 Å². The molecule has 2 aliphatic rings. The first kappa shape index (κ1) is 20.1. The van der Waals surface area contributed by atoms with Crippen LogP contribution in [0.2, 0.25) is 0 Å². The number of nitrogens with two attached hydrogens (primary N) is 1. The molecule has 2 heterocycles. The zero-order valence-corrected chi connectivity index (χ0v) is 17.3. The number of nitrogens with zero attached hydrogens (tertiary/aromatic N) is 2. The SMILES string of the molecule is NC(=O)C(c1ccccc1)(c1ccccc1)C1CCN(CCN2CCCCC2)C1. The van der Waals surface area contributed by atoms with Crippen LogP contribution < -0.4 is 5.73 Å². The van der Waals surface area contributed by atoms with Crippen molar-refractivity contribution in [3.8, 4) is 0 Å². The van der Waals surface area contributed by atoms with Crippen LogP contribution in [0.15, 0.2) is 60.7 Å². The maximum Gasteiger partial charge on any atom is 0.232 e. The van der Waals surface area contributed by atoms with E-state index in [0.717, 1.165) is 43.7 Å². The van der Waals surface area contributed by atoms with Crippen molar-refractivity contribution in [3.63, 3.8) is 0 Å². The second-order valence-corrected chi connectivity index (χ2v) is 8.59. The Morgan fingerprint density at radius 3 is 1.93 bits per heavy atom. The van der Waals surface area contributed by atoms with Gasteiger partial charge in [0.1, 0.15) is 5.41 Å². The van der Waals surface area contributed by atoms with E-state index in [2.05, 4.69) is 34.1 Å². The van der Waals surface area contributed by atoms with Crippen LogP contribution >= 0.6 is 0 Å². The number of likely N-dealkylation sites (tertiary alicyclic amines) is 2. The summed E-state index contributed by atoms with van der Waals surface area (Å²) in [5.41, 5.74) is 7.44. The zero-order chi connectivity index (χ0) is 20.1. The molecule has 2 aliphatic heterocycles. The normalized spacial score (nSPS) is 21.3. The highest BCUT2D eigenvalue weighted by Crippen LogP contribution is 2.43. The highest BCUT2D eigenvalue weighted by Gasteiger charge is 2.49. The Labute approximate surface area is 174 Å². The number of benzene rings is 2. The summed E-state index contributed by atoms with van der Waals surface area (Å²) in [5.74, 6) is -0.0519. The van der Waals surface area contributed by atoms with Gasteiger partial charge < -0.3 is 15.5 Å². The van der Waals surface area contributed by atoms with Crippen LogP contribution in [0.25, 0.3) is 0 Å². The molecule has 4 nitrogen and oxygen atoms in total. The topological polar surface area (TPSA) is 49.6 Å². The molecule has 2 N–H and O–H groups in total. The summed E-state index contributed by atoms with van der Waals surface area (Å²) >= 11 is 0. The quantitative estimate of drug-likeness (QED) is 0.788. The summed E-state index contributed by atoms with van der Waals surface area (Å²) in [6.07, 6.45) is 5.02. The molecule has 1 atom stereocenters. The Hall–Kier alpha value is -2.17. The molecule has 0 bridgehead atoms. The molecule has 2 aromatic carbocycles. The highest BCUT2D eigenvalue weighted by atomic mass is 16.1. The third-order valence-electron chi connectivity index (χ3n) is 6.91. The van der Waals surface area contributed by atoms with Gasteiger partial charge in [-0.2, -0.15) is 0 Å². The van der Waals surface area contributed by atoms with E-state index in [1.165, 1.54) is 32.4 Å². The van der Waals surface area contributed by atoms with E-state index >= 15 is 0 Å². The Balaban J connectivity index is 1.58. The second-order valence-electron chi connectivity index (χ2n) is 8.59. The van der Waals surface area contributed by atoms with E-state index in [-0.39, 0.29) is 11.8 Å². The summed E-state index contributed by atoms with van der Waals surface area (Å²) < 4.78 is 0. The molecule has 0 saturated carbocycles. The summed E-state index contributed by atoms with van der Waals surface area (Å²) in [6, 6.07) is 20.3. The lowest BCUT2D eigenvalue weighted by atomic mass is 9.64. The van der Waals surface area contributed by atoms with Crippen molar-refractivity contribution in [2.45, 2.75) is 31.1 Å². The first-order chi connectivity index (χ1) is 14.2. The van der Waals surface area contributed by atoms with Gasteiger partial charge in [-0.1, -0.05) is 67.1 Å². The first-order valence-corrected chi connectivity index (χ1v) is 11.1. The van der Waals surface area contributed by atoms with Crippen LogP contribution in [0.5, 0.6) is 0 Å². The molecule has 0 aromatic heterocycles. The van der Waals surface area contributed by atoms with E-state index < -0.39 is 5.41 Å². The minimum atomic E-state index is -0.775. The van der Waals surface area contributed by atoms with Crippen molar-refractivity contribution in [2.75, 3.05) is 39.3 Å². The second kappa shape index (κ2) is 9.10. The lowest BCUT2D eigenvalue weighted by molar-refractivity contribution is -0.123.